The molecular weight excluding hydrogens is 436 g/mol. The SMILES string of the molecule is Cc1ccc(S[C@H]2O[C@@H]3CO[C@@H](c4ccccc4)O[C@H]3[C@H](OCc3ccccc3)[C@@H]2O)cc1. The minimum Gasteiger partial charge on any atom is -0.387 e. The highest BCUT2D eigenvalue weighted by molar-refractivity contribution is 7.99. The zero-order chi connectivity index (χ0) is 22.6. The van der Waals surface area contributed by atoms with Gasteiger partial charge in [-0.25, -0.2) is 0 Å². The van der Waals surface area contributed by atoms with Crippen molar-refractivity contribution >= 4 is 11.8 Å². The Kier molecular flexibility index (Phi) is 7.11. The summed E-state index contributed by atoms with van der Waals surface area (Å²) in [5.41, 5.74) is 2.68. The Balaban J connectivity index is 1.36. The second-order valence-electron chi connectivity index (χ2n) is 8.40. The highest BCUT2D eigenvalue weighted by atomic mass is 32.2. The van der Waals surface area contributed by atoms with Gasteiger partial charge in [-0.2, -0.15) is 0 Å². The van der Waals surface area contributed by atoms with E-state index in [1.807, 2.05) is 72.8 Å². The van der Waals surface area contributed by atoms with Crippen LogP contribution in [0.3, 0.4) is 0 Å². The van der Waals surface area contributed by atoms with Gasteiger partial charge >= 0.3 is 0 Å². The van der Waals surface area contributed by atoms with Crippen LogP contribution in [0.2, 0.25) is 0 Å². The highest BCUT2D eigenvalue weighted by Crippen LogP contribution is 2.40. The number of aryl methyl sites for hydroxylation is 1. The zero-order valence-electron chi connectivity index (χ0n) is 18.4. The Morgan fingerprint density at radius 1 is 0.909 bits per heavy atom. The van der Waals surface area contributed by atoms with Crippen molar-refractivity contribution in [3.05, 3.63) is 102 Å². The number of fused-ring (bicyclic) bond motifs is 1. The van der Waals surface area contributed by atoms with Gasteiger partial charge in [0.2, 0.25) is 0 Å². The number of benzene rings is 3. The van der Waals surface area contributed by atoms with Gasteiger partial charge in [0.15, 0.2) is 6.29 Å². The van der Waals surface area contributed by atoms with Crippen molar-refractivity contribution in [2.45, 2.75) is 54.6 Å². The van der Waals surface area contributed by atoms with Crippen molar-refractivity contribution < 1.29 is 24.1 Å². The minimum absolute atomic E-state index is 0.336. The molecule has 2 aliphatic rings. The molecule has 6 heteroatoms. The lowest BCUT2D eigenvalue weighted by molar-refractivity contribution is -0.325. The molecule has 5 nitrogen and oxygen atoms in total. The summed E-state index contributed by atoms with van der Waals surface area (Å²) in [5, 5.41) is 11.3. The third kappa shape index (κ3) is 5.32. The van der Waals surface area contributed by atoms with E-state index in [1.165, 1.54) is 17.3 Å². The Hall–Kier alpha value is -2.19. The number of ether oxygens (including phenoxy) is 4. The number of rotatable bonds is 6. The first kappa shape index (κ1) is 22.6. The smallest absolute Gasteiger partial charge is 0.184 e. The summed E-state index contributed by atoms with van der Waals surface area (Å²) in [6.07, 6.45) is -2.72. The molecule has 2 fully saturated rings. The first-order valence-corrected chi connectivity index (χ1v) is 12.1. The number of aliphatic hydroxyl groups is 1. The number of aliphatic hydroxyl groups excluding tert-OH is 1. The fourth-order valence-corrected chi connectivity index (χ4v) is 5.20. The van der Waals surface area contributed by atoms with Crippen LogP contribution in [0.15, 0.2) is 89.8 Å². The molecule has 3 aromatic rings. The van der Waals surface area contributed by atoms with Crippen LogP contribution in [-0.2, 0) is 25.6 Å². The molecule has 172 valence electrons. The van der Waals surface area contributed by atoms with Crippen LogP contribution in [0.25, 0.3) is 0 Å². The number of hydrogen-bond donors (Lipinski definition) is 1. The highest BCUT2D eigenvalue weighted by Gasteiger charge is 2.50. The van der Waals surface area contributed by atoms with Gasteiger partial charge in [-0.05, 0) is 24.6 Å². The maximum absolute atomic E-state index is 11.3. The molecule has 6 atom stereocenters. The predicted molar refractivity (Wildman–Crippen MR) is 127 cm³/mol. The molecule has 0 saturated carbocycles. The summed E-state index contributed by atoms with van der Waals surface area (Å²) < 4.78 is 24.9. The quantitative estimate of drug-likeness (QED) is 0.562. The molecule has 1 N–H and O–H groups in total. The van der Waals surface area contributed by atoms with E-state index < -0.39 is 30.0 Å². The van der Waals surface area contributed by atoms with E-state index in [2.05, 4.69) is 19.1 Å². The van der Waals surface area contributed by atoms with Crippen LogP contribution in [0.1, 0.15) is 23.0 Å². The van der Waals surface area contributed by atoms with E-state index >= 15 is 0 Å². The monoisotopic (exact) mass is 464 g/mol. The van der Waals surface area contributed by atoms with E-state index in [1.54, 1.807) is 0 Å². The molecule has 5 rings (SSSR count). The molecule has 0 spiro atoms. The molecule has 0 bridgehead atoms. The second-order valence-corrected chi connectivity index (χ2v) is 9.57. The first-order valence-electron chi connectivity index (χ1n) is 11.2. The normalized spacial score (nSPS) is 29.4. The van der Waals surface area contributed by atoms with E-state index in [4.69, 9.17) is 18.9 Å². The van der Waals surface area contributed by atoms with Crippen LogP contribution in [0.4, 0.5) is 0 Å². The van der Waals surface area contributed by atoms with Crippen LogP contribution in [0, 0.1) is 6.92 Å². The van der Waals surface area contributed by atoms with Crippen LogP contribution < -0.4 is 0 Å². The molecule has 2 aliphatic heterocycles. The minimum atomic E-state index is -0.865. The maximum Gasteiger partial charge on any atom is 0.184 e. The molecule has 0 amide bonds. The fraction of sp³-hybridized carbons (Fsp3) is 0.333. The standard InChI is InChI=1S/C27H28O5S/c1-18-12-14-21(15-13-18)33-27-23(28)25(29-16-19-8-4-2-5-9-19)24-22(31-27)17-30-26(32-24)20-10-6-3-7-11-20/h2-15,22-28H,16-17H2,1H3/t22-,23+,24-,25-,26-,27-/m1/s1. The van der Waals surface area contributed by atoms with Crippen LogP contribution in [0.5, 0.6) is 0 Å². The molecular formula is C27H28O5S. The average Bonchev–Trinajstić information content (AvgIpc) is 2.86. The predicted octanol–water partition coefficient (Wildman–Crippen LogP) is 4.87. The summed E-state index contributed by atoms with van der Waals surface area (Å²) in [6, 6.07) is 28.0. The Labute approximate surface area is 198 Å². The Bertz CT molecular complexity index is 1010. The topological polar surface area (TPSA) is 57.2 Å². The van der Waals surface area contributed by atoms with Gasteiger partial charge in [-0.15, -0.1) is 0 Å². The van der Waals surface area contributed by atoms with Gasteiger partial charge in [-0.1, -0.05) is 90.1 Å². The second kappa shape index (κ2) is 10.4. The van der Waals surface area contributed by atoms with E-state index in [-0.39, 0.29) is 6.10 Å². The van der Waals surface area contributed by atoms with E-state index in [0.29, 0.717) is 13.2 Å². The van der Waals surface area contributed by atoms with Gasteiger partial charge in [0.05, 0.1) is 13.2 Å². The van der Waals surface area contributed by atoms with Gasteiger partial charge in [0, 0.05) is 10.5 Å². The lowest BCUT2D eigenvalue weighted by Crippen LogP contribution is -2.61. The van der Waals surface area contributed by atoms with E-state index in [9.17, 15) is 5.11 Å². The zero-order valence-corrected chi connectivity index (χ0v) is 19.3. The summed E-state index contributed by atoms with van der Waals surface area (Å²) in [6.45, 7) is 2.80. The van der Waals surface area contributed by atoms with Crippen molar-refractivity contribution in [1.82, 2.24) is 0 Å². The maximum atomic E-state index is 11.3. The van der Waals surface area contributed by atoms with Crippen molar-refractivity contribution in [1.29, 1.82) is 0 Å². The average molecular weight is 465 g/mol. The molecule has 0 radical (unpaired) electrons. The van der Waals surface area contributed by atoms with Gasteiger partial charge in [0.25, 0.3) is 0 Å². The number of hydrogen-bond acceptors (Lipinski definition) is 6. The molecule has 3 aromatic carbocycles. The molecule has 33 heavy (non-hydrogen) atoms. The van der Waals surface area contributed by atoms with Crippen LogP contribution >= 0.6 is 11.8 Å². The van der Waals surface area contributed by atoms with Gasteiger partial charge in [0.1, 0.15) is 29.9 Å². The van der Waals surface area contributed by atoms with Crippen molar-refractivity contribution in [3.63, 3.8) is 0 Å². The summed E-state index contributed by atoms with van der Waals surface area (Å²) >= 11 is 1.50. The molecule has 2 heterocycles. The van der Waals surface area contributed by atoms with Crippen molar-refractivity contribution in [2.24, 2.45) is 0 Å². The van der Waals surface area contributed by atoms with Gasteiger partial charge < -0.3 is 24.1 Å². The van der Waals surface area contributed by atoms with Crippen molar-refractivity contribution in [3.8, 4) is 0 Å². The Morgan fingerprint density at radius 3 is 2.33 bits per heavy atom. The first-order chi connectivity index (χ1) is 16.2. The molecule has 0 aromatic heterocycles. The molecule has 0 unspecified atom stereocenters. The van der Waals surface area contributed by atoms with Gasteiger partial charge in [-0.3, -0.25) is 0 Å². The molecule has 2 saturated heterocycles. The Morgan fingerprint density at radius 2 is 1.61 bits per heavy atom. The lowest BCUT2D eigenvalue weighted by Gasteiger charge is -2.47. The third-order valence-corrected chi connectivity index (χ3v) is 7.10. The largest absolute Gasteiger partial charge is 0.387 e. The fourth-order valence-electron chi connectivity index (χ4n) is 4.15. The molecule has 0 aliphatic carbocycles. The summed E-state index contributed by atoms with van der Waals surface area (Å²) in [4.78, 5) is 1.03. The summed E-state index contributed by atoms with van der Waals surface area (Å²) in [7, 11) is 0. The van der Waals surface area contributed by atoms with Crippen molar-refractivity contribution in [2.75, 3.05) is 6.61 Å². The van der Waals surface area contributed by atoms with E-state index in [0.717, 1.165) is 16.0 Å². The van der Waals surface area contributed by atoms with Crippen LogP contribution in [-0.4, -0.2) is 41.6 Å². The lowest BCUT2D eigenvalue weighted by atomic mass is 9.98. The summed E-state index contributed by atoms with van der Waals surface area (Å²) in [5.74, 6) is 0. The third-order valence-electron chi connectivity index (χ3n) is 5.94. The number of thioether (sulfide) groups is 1.